The molecule has 66 valence electrons. The average Bonchev–Trinajstić information content (AvgIpc) is 2.66. The summed E-state index contributed by atoms with van der Waals surface area (Å²) in [5.41, 5.74) is 2.41. The molecule has 2 heteroatoms. The zero-order valence-corrected chi connectivity index (χ0v) is 7.92. The van der Waals surface area contributed by atoms with Crippen molar-refractivity contribution < 1.29 is 4.79 Å². The van der Waals surface area contributed by atoms with E-state index in [4.69, 9.17) is 0 Å². The number of hydrogen-bond donors (Lipinski definition) is 0. The van der Waals surface area contributed by atoms with Crippen LogP contribution in [0.5, 0.6) is 0 Å². The summed E-state index contributed by atoms with van der Waals surface area (Å²) in [6.07, 6.45) is 4.15. The molecule has 0 aromatic carbocycles. The average molecular weight is 165 g/mol. The summed E-state index contributed by atoms with van der Waals surface area (Å²) >= 11 is 0. The lowest BCUT2D eigenvalue weighted by Crippen LogP contribution is -2.07. The third-order valence-corrected chi connectivity index (χ3v) is 1.88. The molecule has 0 aromatic heterocycles. The topological polar surface area (TPSA) is 29.4 Å². The van der Waals surface area contributed by atoms with Crippen LogP contribution < -0.4 is 0 Å². The Labute approximate surface area is 73.4 Å². The Morgan fingerprint density at radius 3 is 2.58 bits per heavy atom. The summed E-state index contributed by atoms with van der Waals surface area (Å²) in [5.74, 6) is 0.183. The van der Waals surface area contributed by atoms with Gasteiger partial charge in [-0.25, -0.2) is 0 Å². The lowest BCUT2D eigenvalue weighted by Gasteiger charge is -1.90. The Morgan fingerprint density at radius 1 is 1.50 bits per heavy atom. The molecule has 1 aliphatic rings. The van der Waals surface area contributed by atoms with Crippen LogP contribution in [0.2, 0.25) is 0 Å². The highest BCUT2D eigenvalue weighted by atomic mass is 16.1. The molecule has 0 saturated carbocycles. The van der Waals surface area contributed by atoms with E-state index in [1.54, 1.807) is 6.92 Å². The van der Waals surface area contributed by atoms with E-state index < -0.39 is 0 Å². The maximum Gasteiger partial charge on any atom is 0.159 e. The molecule has 0 aliphatic carbocycles. The molecule has 0 saturated heterocycles. The van der Waals surface area contributed by atoms with Gasteiger partial charge in [-0.15, -0.1) is 0 Å². The Bertz CT molecular complexity index is 247. The van der Waals surface area contributed by atoms with Gasteiger partial charge >= 0.3 is 0 Å². The van der Waals surface area contributed by atoms with Crippen molar-refractivity contribution in [3.63, 3.8) is 0 Å². The van der Waals surface area contributed by atoms with Crippen LogP contribution in [0.15, 0.2) is 16.6 Å². The standard InChI is InChI=1S/C10H15NO/c1-7(2)5-4-6-9-10(11-9)8(3)12/h5,10H,4,6H2,1-3H3. The molecule has 0 amide bonds. The SMILES string of the molecule is CC(=O)C1N=C1CCC=C(C)C. The fourth-order valence-electron chi connectivity index (χ4n) is 1.16. The first-order valence-electron chi connectivity index (χ1n) is 4.31. The van der Waals surface area contributed by atoms with Gasteiger partial charge in [0, 0.05) is 5.71 Å². The van der Waals surface area contributed by atoms with E-state index in [0.717, 1.165) is 18.6 Å². The smallest absolute Gasteiger partial charge is 0.159 e. The second kappa shape index (κ2) is 3.65. The van der Waals surface area contributed by atoms with Crippen LogP contribution in [0.4, 0.5) is 0 Å². The van der Waals surface area contributed by atoms with Crippen LogP contribution in [0.1, 0.15) is 33.6 Å². The van der Waals surface area contributed by atoms with Crippen molar-refractivity contribution in [1.29, 1.82) is 0 Å². The van der Waals surface area contributed by atoms with Gasteiger partial charge in [0.15, 0.2) is 5.78 Å². The first kappa shape index (κ1) is 9.17. The van der Waals surface area contributed by atoms with Gasteiger partial charge in [0.25, 0.3) is 0 Å². The Balaban J connectivity index is 2.16. The minimum atomic E-state index is -0.0458. The third kappa shape index (κ3) is 2.61. The Kier molecular flexibility index (Phi) is 2.79. The number of allylic oxidation sites excluding steroid dienone is 2. The van der Waals surface area contributed by atoms with E-state index in [-0.39, 0.29) is 11.8 Å². The van der Waals surface area contributed by atoms with Crippen molar-refractivity contribution in [1.82, 2.24) is 0 Å². The summed E-state index contributed by atoms with van der Waals surface area (Å²) in [6.45, 7) is 5.76. The van der Waals surface area contributed by atoms with Crippen LogP contribution >= 0.6 is 0 Å². The number of aliphatic imine (C=N–C) groups is 1. The summed E-state index contributed by atoms with van der Waals surface area (Å²) < 4.78 is 0. The highest BCUT2D eigenvalue weighted by Crippen LogP contribution is 2.17. The highest BCUT2D eigenvalue weighted by molar-refractivity contribution is 6.17. The summed E-state index contributed by atoms with van der Waals surface area (Å²) in [7, 11) is 0. The molecule has 1 heterocycles. The predicted molar refractivity (Wildman–Crippen MR) is 50.6 cm³/mol. The van der Waals surface area contributed by atoms with Gasteiger partial charge in [-0.1, -0.05) is 11.6 Å². The minimum absolute atomic E-state index is 0.0458. The molecule has 1 aliphatic heterocycles. The first-order valence-corrected chi connectivity index (χ1v) is 4.31. The number of ketones is 1. The fourth-order valence-corrected chi connectivity index (χ4v) is 1.16. The van der Waals surface area contributed by atoms with Gasteiger partial charge in [-0.3, -0.25) is 9.79 Å². The molecule has 0 spiro atoms. The van der Waals surface area contributed by atoms with Crippen LogP contribution in [0, 0.1) is 0 Å². The number of hydrogen-bond acceptors (Lipinski definition) is 2. The molecular weight excluding hydrogens is 150 g/mol. The third-order valence-electron chi connectivity index (χ3n) is 1.88. The zero-order chi connectivity index (χ0) is 9.14. The van der Waals surface area contributed by atoms with Gasteiger partial charge in [-0.05, 0) is 33.6 Å². The molecule has 1 atom stereocenters. The van der Waals surface area contributed by atoms with Crippen LogP contribution in [-0.4, -0.2) is 17.5 Å². The van der Waals surface area contributed by atoms with Gasteiger partial charge in [-0.2, -0.15) is 0 Å². The molecule has 0 fully saturated rings. The normalized spacial score (nSPS) is 19.9. The van der Waals surface area contributed by atoms with Crippen LogP contribution in [-0.2, 0) is 4.79 Å². The quantitative estimate of drug-likeness (QED) is 0.587. The molecule has 1 rings (SSSR count). The van der Waals surface area contributed by atoms with Gasteiger partial charge in [0.2, 0.25) is 0 Å². The van der Waals surface area contributed by atoms with Gasteiger partial charge in [0.1, 0.15) is 6.04 Å². The molecule has 0 N–H and O–H groups in total. The van der Waals surface area contributed by atoms with Crippen molar-refractivity contribution in [2.45, 2.75) is 39.7 Å². The van der Waals surface area contributed by atoms with Crippen molar-refractivity contribution in [3.05, 3.63) is 11.6 Å². The Hall–Kier alpha value is -0.920. The molecular formula is C10H15NO. The van der Waals surface area contributed by atoms with E-state index in [9.17, 15) is 4.79 Å². The lowest BCUT2D eigenvalue weighted by atomic mass is 10.1. The van der Waals surface area contributed by atoms with E-state index in [2.05, 4.69) is 24.9 Å². The number of carbonyl (C=O) groups is 1. The largest absolute Gasteiger partial charge is 0.297 e. The van der Waals surface area contributed by atoms with E-state index in [1.165, 1.54) is 5.57 Å². The van der Waals surface area contributed by atoms with Crippen molar-refractivity contribution in [2.24, 2.45) is 4.99 Å². The first-order chi connectivity index (χ1) is 5.61. The van der Waals surface area contributed by atoms with Crippen molar-refractivity contribution in [3.8, 4) is 0 Å². The van der Waals surface area contributed by atoms with Gasteiger partial charge < -0.3 is 0 Å². The summed E-state index contributed by atoms with van der Waals surface area (Å²) in [6, 6.07) is -0.0458. The lowest BCUT2D eigenvalue weighted by molar-refractivity contribution is -0.116. The van der Waals surface area contributed by atoms with E-state index in [0.29, 0.717) is 0 Å². The monoisotopic (exact) mass is 165 g/mol. The maximum atomic E-state index is 10.8. The number of Topliss-reactive ketones (excluding diaryl/α,β-unsaturated/α-hetero) is 1. The number of nitrogens with zero attached hydrogens (tertiary/aromatic N) is 1. The molecule has 0 aromatic rings. The molecule has 0 bridgehead atoms. The van der Waals surface area contributed by atoms with Gasteiger partial charge in [0.05, 0.1) is 0 Å². The zero-order valence-electron chi connectivity index (χ0n) is 7.92. The maximum absolute atomic E-state index is 10.8. The number of carbonyl (C=O) groups excluding carboxylic acids is 1. The second-order valence-electron chi connectivity index (χ2n) is 3.45. The van der Waals surface area contributed by atoms with Crippen molar-refractivity contribution >= 4 is 11.5 Å². The van der Waals surface area contributed by atoms with Crippen LogP contribution in [0.25, 0.3) is 0 Å². The Morgan fingerprint density at radius 2 is 2.17 bits per heavy atom. The molecule has 0 radical (unpaired) electrons. The van der Waals surface area contributed by atoms with E-state index >= 15 is 0 Å². The summed E-state index contributed by atoms with van der Waals surface area (Å²) in [4.78, 5) is 14.9. The van der Waals surface area contributed by atoms with Crippen LogP contribution in [0.3, 0.4) is 0 Å². The second-order valence-corrected chi connectivity index (χ2v) is 3.45. The molecule has 12 heavy (non-hydrogen) atoms. The summed E-state index contributed by atoms with van der Waals surface area (Å²) in [5, 5.41) is 0. The fraction of sp³-hybridized carbons (Fsp3) is 0.600. The number of rotatable bonds is 4. The molecule has 1 unspecified atom stereocenters. The highest BCUT2D eigenvalue weighted by Gasteiger charge is 2.30. The minimum Gasteiger partial charge on any atom is -0.297 e. The van der Waals surface area contributed by atoms with Crippen molar-refractivity contribution in [2.75, 3.05) is 0 Å². The van der Waals surface area contributed by atoms with E-state index in [1.807, 2.05) is 0 Å². The molecule has 2 nitrogen and oxygen atoms in total. The predicted octanol–water partition coefficient (Wildman–Crippen LogP) is 2.15.